The summed E-state index contributed by atoms with van der Waals surface area (Å²) in [6.07, 6.45) is 0. The van der Waals surface area contributed by atoms with Crippen molar-refractivity contribution in [1.82, 2.24) is 0 Å². The summed E-state index contributed by atoms with van der Waals surface area (Å²) in [6.45, 7) is 0. The Morgan fingerprint density at radius 2 is 1.69 bits per heavy atom. The molecule has 0 fully saturated rings. The van der Waals surface area contributed by atoms with E-state index in [2.05, 4.69) is 4.99 Å². The molecule has 0 heterocycles. The van der Waals surface area contributed by atoms with E-state index < -0.39 is 5.91 Å². The van der Waals surface area contributed by atoms with E-state index in [0.717, 1.165) is 5.69 Å². The molecule has 0 saturated heterocycles. The molecule has 1 aromatic rings. The number of nitrogens with two attached hydrogens (primary N) is 2. The summed E-state index contributed by atoms with van der Waals surface area (Å²) in [5.41, 5.74) is 11.7. The zero-order valence-electron chi connectivity index (χ0n) is 9.18. The monoisotopic (exact) mass is 242 g/mol. The molecule has 0 unspecified atom stereocenters. The van der Waals surface area contributed by atoms with Gasteiger partial charge in [-0.05, 0) is 24.3 Å². The lowest BCUT2D eigenvalue weighted by molar-refractivity contribution is 0.100. The molecular weight excluding hydrogens is 228 g/mol. The summed E-state index contributed by atoms with van der Waals surface area (Å²) in [4.78, 5) is 16.8. The maximum atomic E-state index is 11.4. The van der Waals surface area contributed by atoms with Crippen LogP contribution < -0.4 is 16.4 Å². The van der Waals surface area contributed by atoms with Crippen LogP contribution >= 0.6 is 12.4 Å². The van der Waals surface area contributed by atoms with Crippen LogP contribution in [-0.4, -0.2) is 26.0 Å². The van der Waals surface area contributed by atoms with E-state index in [1.807, 2.05) is 31.1 Å². The number of halogens is 1. The van der Waals surface area contributed by atoms with E-state index in [4.69, 9.17) is 11.5 Å². The van der Waals surface area contributed by atoms with Crippen molar-refractivity contribution in [2.75, 3.05) is 19.0 Å². The topological polar surface area (TPSA) is 84.7 Å². The quantitative estimate of drug-likeness (QED) is 0.587. The highest BCUT2D eigenvalue weighted by Gasteiger charge is 2.04. The minimum Gasteiger partial charge on any atom is -0.378 e. The molecular formula is C10H15ClN4O. The molecule has 1 amide bonds. The van der Waals surface area contributed by atoms with Crippen molar-refractivity contribution in [2.24, 2.45) is 16.5 Å². The summed E-state index contributed by atoms with van der Waals surface area (Å²) in [6, 6.07) is 7.03. The number of hydrogen-bond donors (Lipinski definition) is 2. The first-order chi connectivity index (χ1) is 7.00. The predicted octanol–water partition coefficient (Wildman–Crippen LogP) is 0.588. The van der Waals surface area contributed by atoms with E-state index in [0.29, 0.717) is 5.56 Å². The Morgan fingerprint density at radius 1 is 1.19 bits per heavy atom. The average Bonchev–Trinajstić information content (AvgIpc) is 2.17. The van der Waals surface area contributed by atoms with Crippen molar-refractivity contribution >= 4 is 30.0 Å². The number of rotatable bonds is 2. The van der Waals surface area contributed by atoms with E-state index in [1.165, 1.54) is 0 Å². The van der Waals surface area contributed by atoms with E-state index >= 15 is 0 Å². The first kappa shape index (κ1) is 14.2. The van der Waals surface area contributed by atoms with Crippen LogP contribution in [0.4, 0.5) is 5.69 Å². The number of carbonyl (C=O) groups is 1. The Hall–Kier alpha value is -1.75. The molecule has 0 spiro atoms. The molecule has 0 radical (unpaired) electrons. The van der Waals surface area contributed by atoms with Crippen molar-refractivity contribution in [3.05, 3.63) is 29.8 Å². The molecule has 88 valence electrons. The van der Waals surface area contributed by atoms with Crippen LogP contribution in [0.25, 0.3) is 0 Å². The third-order valence-electron chi connectivity index (χ3n) is 1.86. The van der Waals surface area contributed by atoms with Crippen molar-refractivity contribution in [1.29, 1.82) is 0 Å². The van der Waals surface area contributed by atoms with Crippen LogP contribution in [0.1, 0.15) is 10.4 Å². The molecule has 4 N–H and O–H groups in total. The van der Waals surface area contributed by atoms with Gasteiger partial charge in [-0.15, -0.1) is 12.4 Å². The maximum absolute atomic E-state index is 11.4. The van der Waals surface area contributed by atoms with Gasteiger partial charge in [0.15, 0.2) is 5.96 Å². The molecule has 0 saturated carbocycles. The molecule has 0 aliphatic rings. The Balaban J connectivity index is 0.00000225. The lowest BCUT2D eigenvalue weighted by Crippen LogP contribution is -2.24. The second-order valence-corrected chi connectivity index (χ2v) is 3.28. The molecule has 0 bridgehead atoms. The molecule has 1 aromatic carbocycles. The van der Waals surface area contributed by atoms with Gasteiger partial charge in [0.1, 0.15) is 0 Å². The molecule has 6 heteroatoms. The van der Waals surface area contributed by atoms with E-state index in [-0.39, 0.29) is 18.4 Å². The second kappa shape index (κ2) is 5.97. The summed E-state index contributed by atoms with van der Waals surface area (Å²) in [5.74, 6) is -0.656. The summed E-state index contributed by atoms with van der Waals surface area (Å²) >= 11 is 0. The van der Waals surface area contributed by atoms with Gasteiger partial charge in [0.05, 0.1) is 0 Å². The van der Waals surface area contributed by atoms with Crippen molar-refractivity contribution in [3.8, 4) is 0 Å². The number of aliphatic imine (C=N–C) groups is 1. The molecule has 16 heavy (non-hydrogen) atoms. The third-order valence-corrected chi connectivity index (χ3v) is 1.86. The standard InChI is InChI=1S/C10H14N4O.ClH/c1-14(2)8-5-3-7(4-6-8)9(15)13-10(11)12;/h3-6H,1-2H3,(H4,11,12,13,15);1H. The van der Waals surface area contributed by atoms with Crippen molar-refractivity contribution in [2.45, 2.75) is 0 Å². The van der Waals surface area contributed by atoms with Gasteiger partial charge < -0.3 is 16.4 Å². The zero-order chi connectivity index (χ0) is 11.4. The predicted molar refractivity (Wildman–Crippen MR) is 68.2 cm³/mol. The van der Waals surface area contributed by atoms with Crippen LogP contribution in [0.3, 0.4) is 0 Å². The Kier molecular flexibility index (Phi) is 5.32. The number of amides is 1. The minimum absolute atomic E-state index is 0. The van der Waals surface area contributed by atoms with Gasteiger partial charge in [-0.1, -0.05) is 0 Å². The van der Waals surface area contributed by atoms with Gasteiger partial charge in [-0.2, -0.15) is 4.99 Å². The van der Waals surface area contributed by atoms with Crippen LogP contribution in [0.15, 0.2) is 29.3 Å². The molecule has 1 rings (SSSR count). The lowest BCUT2D eigenvalue weighted by atomic mass is 10.2. The highest BCUT2D eigenvalue weighted by molar-refractivity contribution is 6.02. The number of guanidine groups is 1. The molecule has 0 aromatic heterocycles. The van der Waals surface area contributed by atoms with Gasteiger partial charge in [0.2, 0.25) is 0 Å². The summed E-state index contributed by atoms with van der Waals surface area (Å²) in [7, 11) is 3.85. The smallest absolute Gasteiger partial charge is 0.280 e. The fourth-order valence-corrected chi connectivity index (χ4v) is 1.08. The third kappa shape index (κ3) is 3.78. The van der Waals surface area contributed by atoms with E-state index in [1.54, 1.807) is 12.1 Å². The summed E-state index contributed by atoms with van der Waals surface area (Å²) < 4.78 is 0. The van der Waals surface area contributed by atoms with Gasteiger partial charge in [0.25, 0.3) is 5.91 Å². The number of anilines is 1. The fourth-order valence-electron chi connectivity index (χ4n) is 1.08. The highest BCUT2D eigenvalue weighted by atomic mass is 35.5. The zero-order valence-corrected chi connectivity index (χ0v) is 9.99. The normalized spacial score (nSPS) is 8.88. The number of hydrogen-bond acceptors (Lipinski definition) is 2. The molecule has 0 atom stereocenters. The lowest BCUT2D eigenvalue weighted by Gasteiger charge is -2.11. The Morgan fingerprint density at radius 3 is 2.06 bits per heavy atom. The SMILES string of the molecule is CN(C)c1ccc(C(=O)N=C(N)N)cc1.Cl. The Labute approximate surface area is 101 Å². The van der Waals surface area contributed by atoms with Crippen LogP contribution in [-0.2, 0) is 0 Å². The van der Waals surface area contributed by atoms with Crippen molar-refractivity contribution < 1.29 is 4.79 Å². The van der Waals surface area contributed by atoms with Crippen LogP contribution in [0.5, 0.6) is 0 Å². The highest BCUT2D eigenvalue weighted by Crippen LogP contribution is 2.12. The van der Waals surface area contributed by atoms with Crippen molar-refractivity contribution in [3.63, 3.8) is 0 Å². The number of carbonyl (C=O) groups excluding carboxylic acids is 1. The van der Waals surface area contributed by atoms with Gasteiger partial charge in [-0.3, -0.25) is 4.79 Å². The maximum Gasteiger partial charge on any atom is 0.280 e. The van der Waals surface area contributed by atoms with Gasteiger partial charge in [0, 0.05) is 25.3 Å². The van der Waals surface area contributed by atoms with Crippen LogP contribution in [0.2, 0.25) is 0 Å². The average molecular weight is 243 g/mol. The Bertz CT molecular complexity index is 382. The molecule has 5 nitrogen and oxygen atoms in total. The number of nitrogens with zero attached hydrogens (tertiary/aromatic N) is 2. The van der Waals surface area contributed by atoms with Crippen LogP contribution in [0, 0.1) is 0 Å². The first-order valence-corrected chi connectivity index (χ1v) is 4.42. The van der Waals surface area contributed by atoms with Gasteiger partial charge >= 0.3 is 0 Å². The largest absolute Gasteiger partial charge is 0.378 e. The van der Waals surface area contributed by atoms with E-state index in [9.17, 15) is 4.79 Å². The first-order valence-electron chi connectivity index (χ1n) is 4.42. The molecule has 0 aliphatic carbocycles. The van der Waals surface area contributed by atoms with Gasteiger partial charge in [-0.25, -0.2) is 0 Å². The second-order valence-electron chi connectivity index (χ2n) is 3.28. The number of benzene rings is 1. The summed E-state index contributed by atoms with van der Waals surface area (Å²) in [5, 5.41) is 0. The minimum atomic E-state index is -0.430. The fraction of sp³-hybridized carbons (Fsp3) is 0.200. The molecule has 0 aliphatic heterocycles.